The lowest BCUT2D eigenvalue weighted by molar-refractivity contribution is -0.128. The molecule has 0 spiro atoms. The summed E-state index contributed by atoms with van der Waals surface area (Å²) in [5.41, 5.74) is 0. The van der Waals surface area contributed by atoms with Crippen LogP contribution in [0, 0.1) is 12.8 Å². The molecular weight excluding hydrogens is 292 g/mol. The van der Waals surface area contributed by atoms with Crippen LogP contribution in [-0.4, -0.2) is 43.2 Å². The Balaban J connectivity index is 1.77. The minimum atomic E-state index is 0.0953. The highest BCUT2D eigenvalue weighted by Crippen LogP contribution is 2.30. The van der Waals surface area contributed by atoms with Gasteiger partial charge in [0, 0.05) is 25.7 Å². The van der Waals surface area contributed by atoms with E-state index in [9.17, 15) is 4.79 Å². The van der Waals surface area contributed by atoms with E-state index in [1.165, 1.54) is 6.42 Å². The molecule has 3 rings (SSSR count). The van der Waals surface area contributed by atoms with Gasteiger partial charge in [0.15, 0.2) is 0 Å². The maximum Gasteiger partial charge on any atom is 0.224 e. The van der Waals surface area contributed by atoms with E-state index in [2.05, 4.69) is 16.3 Å². The number of nitrogens with zero attached hydrogens (tertiary/aromatic N) is 1. The highest BCUT2D eigenvalue weighted by molar-refractivity contribution is 5.79. The Morgan fingerprint density at radius 1 is 1.22 bits per heavy atom. The molecule has 5 nitrogen and oxygen atoms in total. The minimum Gasteiger partial charge on any atom is -0.465 e. The van der Waals surface area contributed by atoms with E-state index < -0.39 is 0 Å². The van der Waals surface area contributed by atoms with Crippen molar-refractivity contribution >= 4 is 5.91 Å². The summed E-state index contributed by atoms with van der Waals surface area (Å²) in [6, 6.07) is 4.37. The van der Waals surface area contributed by atoms with Crippen LogP contribution in [0.5, 0.6) is 0 Å². The van der Waals surface area contributed by atoms with Gasteiger partial charge in [-0.3, -0.25) is 9.69 Å². The second-order valence-corrected chi connectivity index (χ2v) is 6.70. The number of carbonyl (C=O) groups is 1. The highest BCUT2D eigenvalue weighted by Gasteiger charge is 2.35. The van der Waals surface area contributed by atoms with Gasteiger partial charge in [0.25, 0.3) is 0 Å². The van der Waals surface area contributed by atoms with E-state index in [1.807, 2.05) is 13.0 Å². The molecule has 1 saturated heterocycles. The zero-order valence-electron chi connectivity index (χ0n) is 14.1. The Hall–Kier alpha value is -1.33. The summed E-state index contributed by atoms with van der Waals surface area (Å²) in [5, 5.41) is 3.05. The Morgan fingerprint density at radius 2 is 2.09 bits per heavy atom. The van der Waals surface area contributed by atoms with E-state index in [-0.39, 0.29) is 11.8 Å². The quantitative estimate of drug-likeness (QED) is 0.909. The zero-order valence-corrected chi connectivity index (χ0v) is 14.1. The van der Waals surface area contributed by atoms with Gasteiger partial charge in [0.1, 0.15) is 11.5 Å². The van der Waals surface area contributed by atoms with E-state index in [0.29, 0.717) is 19.2 Å². The highest BCUT2D eigenvalue weighted by atomic mass is 16.5. The average Bonchev–Trinajstić information content (AvgIpc) is 2.96. The fourth-order valence-corrected chi connectivity index (χ4v) is 3.84. The van der Waals surface area contributed by atoms with Crippen molar-refractivity contribution in [3.8, 4) is 0 Å². The molecule has 2 atom stereocenters. The number of nitrogens with one attached hydrogen (secondary N) is 1. The average molecular weight is 320 g/mol. The molecule has 1 aliphatic heterocycles. The number of carbonyl (C=O) groups excluding carboxylic acids is 1. The van der Waals surface area contributed by atoms with Crippen molar-refractivity contribution in [2.24, 2.45) is 5.92 Å². The SMILES string of the molecule is Cc1ccc(CN2CCCOCCNC(=O)[C@@H]3CCCC[C@@H]32)o1. The summed E-state index contributed by atoms with van der Waals surface area (Å²) in [5.74, 6) is 2.22. The normalized spacial score (nSPS) is 27.8. The third-order valence-electron chi connectivity index (χ3n) is 4.97. The van der Waals surface area contributed by atoms with Crippen molar-refractivity contribution in [1.82, 2.24) is 10.2 Å². The molecule has 0 unspecified atom stereocenters. The molecule has 2 heterocycles. The van der Waals surface area contributed by atoms with Crippen molar-refractivity contribution in [1.29, 1.82) is 0 Å². The van der Waals surface area contributed by atoms with Gasteiger partial charge in [0.05, 0.1) is 19.1 Å². The van der Waals surface area contributed by atoms with Gasteiger partial charge in [0.2, 0.25) is 5.91 Å². The summed E-state index contributed by atoms with van der Waals surface area (Å²) < 4.78 is 11.4. The molecule has 2 aliphatic rings. The standard InChI is InChI=1S/C18H28N2O3/c1-14-7-8-15(23-14)13-20-10-4-11-22-12-9-19-18(21)16-5-2-3-6-17(16)20/h7-8,16-17H,2-6,9-13H2,1H3,(H,19,21)/t16-,17+/m1/s1. The van der Waals surface area contributed by atoms with Crippen LogP contribution in [0.4, 0.5) is 0 Å². The lowest BCUT2D eigenvalue weighted by Crippen LogP contribution is -2.48. The molecule has 0 radical (unpaired) electrons. The number of aryl methyl sites for hydroxylation is 1. The summed E-state index contributed by atoms with van der Waals surface area (Å²) in [6.07, 6.45) is 5.44. The predicted molar refractivity (Wildman–Crippen MR) is 88.0 cm³/mol. The smallest absolute Gasteiger partial charge is 0.224 e. The number of amides is 1. The summed E-state index contributed by atoms with van der Waals surface area (Å²) in [6.45, 7) is 5.69. The van der Waals surface area contributed by atoms with Crippen LogP contribution in [0.1, 0.15) is 43.6 Å². The van der Waals surface area contributed by atoms with Gasteiger partial charge in [-0.2, -0.15) is 0 Å². The predicted octanol–water partition coefficient (Wildman–Crippen LogP) is 2.49. The lowest BCUT2D eigenvalue weighted by Gasteiger charge is -2.38. The van der Waals surface area contributed by atoms with Gasteiger partial charge in [-0.25, -0.2) is 0 Å². The first-order chi connectivity index (χ1) is 11.2. The Morgan fingerprint density at radius 3 is 2.91 bits per heavy atom. The number of ether oxygens (including phenoxy) is 1. The second kappa shape index (κ2) is 7.97. The van der Waals surface area contributed by atoms with Crippen LogP contribution in [0.25, 0.3) is 0 Å². The molecular formula is C18H28N2O3. The van der Waals surface area contributed by atoms with Crippen molar-refractivity contribution < 1.29 is 13.9 Å². The monoisotopic (exact) mass is 320 g/mol. The summed E-state index contributed by atoms with van der Waals surface area (Å²) in [7, 11) is 0. The van der Waals surface area contributed by atoms with Crippen molar-refractivity contribution in [3.05, 3.63) is 23.7 Å². The topological polar surface area (TPSA) is 54.7 Å². The molecule has 1 N–H and O–H groups in total. The maximum absolute atomic E-state index is 12.6. The number of hydrogen-bond acceptors (Lipinski definition) is 4. The molecule has 0 bridgehead atoms. The number of rotatable bonds is 2. The second-order valence-electron chi connectivity index (χ2n) is 6.70. The van der Waals surface area contributed by atoms with Crippen LogP contribution >= 0.6 is 0 Å². The molecule has 1 saturated carbocycles. The van der Waals surface area contributed by atoms with Gasteiger partial charge in [-0.1, -0.05) is 12.8 Å². The largest absolute Gasteiger partial charge is 0.465 e. The van der Waals surface area contributed by atoms with Crippen molar-refractivity contribution in [3.63, 3.8) is 0 Å². The van der Waals surface area contributed by atoms with Gasteiger partial charge < -0.3 is 14.5 Å². The Kier molecular flexibility index (Phi) is 5.73. The van der Waals surface area contributed by atoms with Crippen LogP contribution in [0.3, 0.4) is 0 Å². The third kappa shape index (κ3) is 4.36. The Labute approximate surface area is 138 Å². The van der Waals surface area contributed by atoms with E-state index in [0.717, 1.165) is 56.9 Å². The van der Waals surface area contributed by atoms with Gasteiger partial charge >= 0.3 is 0 Å². The molecule has 23 heavy (non-hydrogen) atoms. The lowest BCUT2D eigenvalue weighted by atomic mass is 9.82. The van der Waals surface area contributed by atoms with E-state index in [1.54, 1.807) is 0 Å². The number of hydrogen-bond donors (Lipinski definition) is 1. The molecule has 1 aliphatic carbocycles. The fraction of sp³-hybridized carbons (Fsp3) is 0.722. The molecule has 2 fully saturated rings. The van der Waals surface area contributed by atoms with Crippen LogP contribution in [0.15, 0.2) is 16.5 Å². The maximum atomic E-state index is 12.6. The minimum absolute atomic E-state index is 0.0953. The molecule has 1 aromatic heterocycles. The number of furan rings is 1. The zero-order chi connectivity index (χ0) is 16.1. The fourth-order valence-electron chi connectivity index (χ4n) is 3.84. The summed E-state index contributed by atoms with van der Waals surface area (Å²) >= 11 is 0. The van der Waals surface area contributed by atoms with E-state index >= 15 is 0 Å². The van der Waals surface area contributed by atoms with Crippen molar-refractivity contribution in [2.75, 3.05) is 26.3 Å². The van der Waals surface area contributed by atoms with Crippen LogP contribution in [-0.2, 0) is 16.1 Å². The first-order valence-corrected chi connectivity index (χ1v) is 8.89. The molecule has 128 valence electrons. The third-order valence-corrected chi connectivity index (χ3v) is 4.97. The first kappa shape index (κ1) is 16.5. The van der Waals surface area contributed by atoms with Gasteiger partial charge in [-0.05, 0) is 38.3 Å². The molecule has 1 aromatic rings. The number of fused-ring (bicyclic) bond motifs is 1. The Bertz CT molecular complexity index is 514. The van der Waals surface area contributed by atoms with E-state index in [4.69, 9.17) is 9.15 Å². The van der Waals surface area contributed by atoms with Crippen molar-refractivity contribution in [2.45, 2.75) is 51.6 Å². The van der Waals surface area contributed by atoms with Gasteiger partial charge in [-0.15, -0.1) is 0 Å². The molecule has 0 aromatic carbocycles. The van der Waals surface area contributed by atoms with Crippen LogP contribution in [0.2, 0.25) is 0 Å². The molecule has 1 amide bonds. The summed E-state index contributed by atoms with van der Waals surface area (Å²) in [4.78, 5) is 15.0. The van der Waals surface area contributed by atoms with Crippen LogP contribution < -0.4 is 5.32 Å². The first-order valence-electron chi connectivity index (χ1n) is 8.89. The molecule has 5 heteroatoms.